The van der Waals surface area contributed by atoms with Crippen LogP contribution in [-0.4, -0.2) is 14.1 Å². The molecule has 0 radical (unpaired) electrons. The Morgan fingerprint density at radius 2 is 1.43 bits per heavy atom. The van der Waals surface area contributed by atoms with Gasteiger partial charge in [0.05, 0.1) is 17.2 Å². The fourth-order valence-corrected chi connectivity index (χ4v) is 3.39. The first-order valence-electron chi connectivity index (χ1n) is 9.58. The summed E-state index contributed by atoms with van der Waals surface area (Å²) >= 11 is 0. The van der Waals surface area contributed by atoms with Gasteiger partial charge in [-0.1, -0.05) is 42.5 Å². The molecule has 146 valence electrons. The van der Waals surface area contributed by atoms with Gasteiger partial charge < -0.3 is 9.32 Å². The van der Waals surface area contributed by atoms with Crippen molar-refractivity contribution in [2.75, 3.05) is 19.0 Å². The third kappa shape index (κ3) is 3.74. The van der Waals surface area contributed by atoms with Gasteiger partial charge >= 0.3 is 5.63 Å². The Bertz CT molecular complexity index is 1260. The Labute approximate surface area is 175 Å². The second-order valence-electron chi connectivity index (χ2n) is 7.18. The van der Waals surface area contributed by atoms with Gasteiger partial charge in [-0.25, -0.2) is 4.79 Å². The molecule has 0 fully saturated rings. The van der Waals surface area contributed by atoms with Crippen molar-refractivity contribution in [1.29, 1.82) is 5.26 Å². The molecular weight excluding hydrogens is 372 g/mol. The summed E-state index contributed by atoms with van der Waals surface area (Å²) in [6.07, 6.45) is 0. The highest BCUT2D eigenvalue weighted by Gasteiger charge is 2.16. The third-order valence-corrected chi connectivity index (χ3v) is 5.01. The summed E-state index contributed by atoms with van der Waals surface area (Å²) in [5, 5.41) is 9.07. The Kier molecular flexibility index (Phi) is 5.19. The summed E-state index contributed by atoms with van der Waals surface area (Å²) in [7, 11) is 3.96. The van der Waals surface area contributed by atoms with E-state index in [2.05, 4.69) is 6.07 Å². The summed E-state index contributed by atoms with van der Waals surface area (Å²) in [5.41, 5.74) is 4.96. The van der Waals surface area contributed by atoms with Crippen molar-refractivity contribution in [1.82, 2.24) is 0 Å². The Morgan fingerprint density at radius 3 is 2.03 bits per heavy atom. The molecule has 4 rings (SSSR count). The van der Waals surface area contributed by atoms with Gasteiger partial charge in [0, 0.05) is 30.9 Å². The standard InChI is InChI=1S/C26H20N2O2/c1-28(2)22-14-12-20(13-15-22)24-16-23(19-6-4-3-5-7-19)25(26(29)30-24)21-10-8-18(17-27)9-11-21/h3-16H,1-2H3. The summed E-state index contributed by atoms with van der Waals surface area (Å²) in [6.45, 7) is 0. The van der Waals surface area contributed by atoms with Crippen molar-refractivity contribution in [2.24, 2.45) is 0 Å². The lowest BCUT2D eigenvalue weighted by Crippen LogP contribution is -2.08. The van der Waals surface area contributed by atoms with Crippen molar-refractivity contribution in [3.63, 3.8) is 0 Å². The van der Waals surface area contributed by atoms with Crippen LogP contribution in [0.2, 0.25) is 0 Å². The maximum atomic E-state index is 13.1. The van der Waals surface area contributed by atoms with Crippen molar-refractivity contribution in [2.45, 2.75) is 0 Å². The molecule has 4 aromatic rings. The number of hydrogen-bond donors (Lipinski definition) is 0. The highest BCUT2D eigenvalue weighted by Crippen LogP contribution is 2.33. The first-order valence-corrected chi connectivity index (χ1v) is 9.58. The molecule has 30 heavy (non-hydrogen) atoms. The highest BCUT2D eigenvalue weighted by molar-refractivity contribution is 5.85. The molecule has 0 saturated heterocycles. The molecule has 0 aliphatic carbocycles. The van der Waals surface area contributed by atoms with E-state index in [4.69, 9.17) is 9.68 Å². The first-order chi connectivity index (χ1) is 14.6. The van der Waals surface area contributed by atoms with E-state index in [-0.39, 0.29) is 0 Å². The van der Waals surface area contributed by atoms with E-state index in [9.17, 15) is 4.79 Å². The van der Waals surface area contributed by atoms with Crippen LogP contribution in [0.3, 0.4) is 0 Å². The Hall–Kier alpha value is -4.10. The van der Waals surface area contributed by atoms with Gasteiger partial charge in [-0.05, 0) is 53.6 Å². The second kappa shape index (κ2) is 8.10. The van der Waals surface area contributed by atoms with Crippen LogP contribution in [0.25, 0.3) is 33.6 Å². The molecule has 0 unspecified atom stereocenters. The zero-order valence-electron chi connectivity index (χ0n) is 16.8. The third-order valence-electron chi connectivity index (χ3n) is 5.01. The fourth-order valence-electron chi connectivity index (χ4n) is 3.39. The van der Waals surface area contributed by atoms with Crippen LogP contribution in [0, 0.1) is 11.3 Å². The number of nitriles is 1. The van der Waals surface area contributed by atoms with Gasteiger partial charge in [0.25, 0.3) is 0 Å². The predicted molar refractivity (Wildman–Crippen MR) is 120 cm³/mol. The van der Waals surface area contributed by atoms with Crippen LogP contribution in [0.5, 0.6) is 0 Å². The monoisotopic (exact) mass is 392 g/mol. The summed E-state index contributed by atoms with van der Waals surface area (Å²) in [5.74, 6) is 0.515. The van der Waals surface area contributed by atoms with E-state index < -0.39 is 5.63 Å². The van der Waals surface area contributed by atoms with Crippen LogP contribution in [0.4, 0.5) is 5.69 Å². The van der Waals surface area contributed by atoms with Gasteiger partial charge in [0.1, 0.15) is 5.76 Å². The van der Waals surface area contributed by atoms with Crippen molar-refractivity contribution in [3.8, 4) is 39.6 Å². The van der Waals surface area contributed by atoms with Gasteiger partial charge in [-0.2, -0.15) is 5.26 Å². The van der Waals surface area contributed by atoms with Crippen LogP contribution in [0.1, 0.15) is 5.56 Å². The lowest BCUT2D eigenvalue weighted by Gasteiger charge is -2.14. The van der Waals surface area contributed by atoms with E-state index in [0.29, 0.717) is 16.9 Å². The molecule has 1 heterocycles. The minimum atomic E-state index is -0.409. The summed E-state index contributed by atoms with van der Waals surface area (Å²) in [6, 6.07) is 28.6. The molecule has 0 saturated carbocycles. The van der Waals surface area contributed by atoms with Gasteiger partial charge in [-0.15, -0.1) is 0 Å². The molecule has 0 spiro atoms. The number of hydrogen-bond acceptors (Lipinski definition) is 4. The zero-order valence-corrected chi connectivity index (χ0v) is 16.8. The molecule has 0 atom stereocenters. The average molecular weight is 392 g/mol. The van der Waals surface area contributed by atoms with E-state index >= 15 is 0 Å². The second-order valence-corrected chi connectivity index (χ2v) is 7.18. The fraction of sp³-hybridized carbons (Fsp3) is 0.0769. The van der Waals surface area contributed by atoms with E-state index in [1.807, 2.05) is 79.7 Å². The Morgan fingerprint density at radius 1 is 0.800 bits per heavy atom. The molecule has 0 aliphatic heterocycles. The number of benzene rings is 3. The molecule has 4 heteroatoms. The largest absolute Gasteiger partial charge is 0.422 e. The maximum absolute atomic E-state index is 13.1. The normalized spacial score (nSPS) is 10.4. The maximum Gasteiger partial charge on any atom is 0.344 e. The average Bonchev–Trinajstić information content (AvgIpc) is 2.79. The number of rotatable bonds is 4. The predicted octanol–water partition coefficient (Wildman–Crippen LogP) is 5.58. The molecule has 0 amide bonds. The number of nitrogens with zero attached hydrogens (tertiary/aromatic N) is 2. The lowest BCUT2D eigenvalue weighted by atomic mass is 9.94. The molecule has 3 aromatic carbocycles. The van der Waals surface area contributed by atoms with Gasteiger partial charge in [0.2, 0.25) is 0 Å². The van der Waals surface area contributed by atoms with Gasteiger partial charge in [-0.3, -0.25) is 0 Å². The summed E-state index contributed by atoms with van der Waals surface area (Å²) in [4.78, 5) is 15.1. The van der Waals surface area contributed by atoms with Gasteiger partial charge in [0.15, 0.2) is 0 Å². The summed E-state index contributed by atoms with van der Waals surface area (Å²) < 4.78 is 5.73. The molecule has 0 N–H and O–H groups in total. The number of anilines is 1. The molecule has 0 bridgehead atoms. The van der Waals surface area contributed by atoms with Crippen molar-refractivity contribution < 1.29 is 4.42 Å². The smallest absolute Gasteiger partial charge is 0.344 e. The van der Waals surface area contributed by atoms with Crippen LogP contribution in [0.15, 0.2) is 94.1 Å². The van der Waals surface area contributed by atoms with Crippen LogP contribution < -0.4 is 10.5 Å². The topological polar surface area (TPSA) is 57.2 Å². The molecule has 1 aromatic heterocycles. The minimum absolute atomic E-state index is 0.409. The van der Waals surface area contributed by atoms with E-state index in [0.717, 1.165) is 27.9 Å². The Balaban J connectivity index is 1.91. The SMILES string of the molecule is CN(C)c1ccc(-c2cc(-c3ccccc3)c(-c3ccc(C#N)cc3)c(=O)o2)cc1. The minimum Gasteiger partial charge on any atom is -0.422 e. The van der Waals surface area contributed by atoms with Crippen LogP contribution in [-0.2, 0) is 0 Å². The molecular formula is C26H20N2O2. The molecule has 4 nitrogen and oxygen atoms in total. The zero-order chi connectivity index (χ0) is 21.1. The van der Waals surface area contributed by atoms with E-state index in [1.165, 1.54) is 0 Å². The quantitative estimate of drug-likeness (QED) is 0.455. The first kappa shape index (κ1) is 19.2. The van der Waals surface area contributed by atoms with Crippen molar-refractivity contribution in [3.05, 3.63) is 101 Å². The lowest BCUT2D eigenvalue weighted by molar-refractivity contribution is 0.529. The van der Waals surface area contributed by atoms with E-state index in [1.54, 1.807) is 24.3 Å². The van der Waals surface area contributed by atoms with Crippen molar-refractivity contribution >= 4 is 5.69 Å². The van der Waals surface area contributed by atoms with Crippen LogP contribution >= 0.6 is 0 Å². The highest BCUT2D eigenvalue weighted by atomic mass is 16.4. The molecule has 0 aliphatic rings.